The van der Waals surface area contributed by atoms with Crippen LogP contribution in [0.5, 0.6) is 23.0 Å². The van der Waals surface area contributed by atoms with Crippen LogP contribution in [0.3, 0.4) is 0 Å². The minimum atomic E-state index is -1.57. The highest BCUT2D eigenvalue weighted by atomic mass is 32.1. The highest BCUT2D eigenvalue weighted by molar-refractivity contribution is 7.13. The molecule has 1 aliphatic rings. The Kier molecular flexibility index (Phi) is 6.78. The quantitative estimate of drug-likeness (QED) is 0.338. The maximum Gasteiger partial charge on any atom is 0.346 e. The fraction of sp³-hybridized carbons (Fsp3) is 0.136. The topological polar surface area (TPSA) is 153 Å². The standard InChI is InChI=1S/C22H16F2N2O9S/c1-32-15-4-11(24)12(25-22(31)26-13-7-36-19(21(29)30)17(13)20(27)28)5-16(15)33-6-9-10(23)2-3-14-18(9)35-8-34-14/h2-5,7H,6,8H2,1H3,(H,27,28)(H,29,30)(H2,25,26,31). The molecule has 0 bridgehead atoms. The number of carboxylic acids is 2. The lowest BCUT2D eigenvalue weighted by Gasteiger charge is -2.15. The molecule has 36 heavy (non-hydrogen) atoms. The Morgan fingerprint density at radius 3 is 2.47 bits per heavy atom. The minimum absolute atomic E-state index is 0.0523. The van der Waals surface area contributed by atoms with Crippen molar-refractivity contribution >= 4 is 40.7 Å². The van der Waals surface area contributed by atoms with E-state index in [0.29, 0.717) is 17.1 Å². The van der Waals surface area contributed by atoms with E-state index < -0.39 is 40.0 Å². The van der Waals surface area contributed by atoms with Gasteiger partial charge in [0.1, 0.15) is 22.9 Å². The normalized spacial score (nSPS) is 11.6. The van der Waals surface area contributed by atoms with E-state index in [-0.39, 0.29) is 47.6 Å². The van der Waals surface area contributed by atoms with E-state index in [2.05, 4.69) is 10.6 Å². The van der Waals surface area contributed by atoms with Gasteiger partial charge in [0.2, 0.25) is 6.79 Å². The summed E-state index contributed by atoms with van der Waals surface area (Å²) < 4.78 is 50.1. The van der Waals surface area contributed by atoms with Gasteiger partial charge in [-0.05, 0) is 12.1 Å². The Balaban J connectivity index is 1.54. The monoisotopic (exact) mass is 522 g/mol. The predicted octanol–water partition coefficient (Wildman–Crippen LogP) is 4.38. The van der Waals surface area contributed by atoms with E-state index in [0.717, 1.165) is 17.5 Å². The number of methoxy groups -OCH3 is 1. The number of fused-ring (bicyclic) bond motifs is 1. The summed E-state index contributed by atoms with van der Waals surface area (Å²) >= 11 is 0.602. The summed E-state index contributed by atoms with van der Waals surface area (Å²) in [6, 6.07) is 3.53. The second kappa shape index (κ2) is 9.95. The molecule has 2 amide bonds. The highest BCUT2D eigenvalue weighted by Gasteiger charge is 2.25. The van der Waals surface area contributed by atoms with Gasteiger partial charge in [0.25, 0.3) is 0 Å². The van der Waals surface area contributed by atoms with Gasteiger partial charge in [-0.3, -0.25) is 0 Å². The van der Waals surface area contributed by atoms with E-state index in [1.807, 2.05) is 0 Å². The molecule has 0 saturated heterocycles. The van der Waals surface area contributed by atoms with Crippen LogP contribution in [0.2, 0.25) is 0 Å². The van der Waals surface area contributed by atoms with Crippen molar-refractivity contribution in [3.05, 3.63) is 57.3 Å². The summed E-state index contributed by atoms with van der Waals surface area (Å²) in [6.45, 7) is -0.433. The number of urea groups is 1. The first kappa shape index (κ1) is 24.5. The number of carbonyl (C=O) groups is 3. The Morgan fingerprint density at radius 1 is 1.03 bits per heavy atom. The zero-order chi connectivity index (χ0) is 26.0. The van der Waals surface area contributed by atoms with Crippen molar-refractivity contribution < 1.29 is 52.3 Å². The van der Waals surface area contributed by atoms with Crippen LogP contribution in [-0.2, 0) is 6.61 Å². The molecule has 0 spiro atoms. The number of amides is 2. The second-order valence-corrected chi connectivity index (χ2v) is 7.95. The van der Waals surface area contributed by atoms with Crippen LogP contribution in [0.25, 0.3) is 0 Å². The first-order valence-corrected chi connectivity index (χ1v) is 10.8. The second-order valence-electron chi connectivity index (χ2n) is 7.07. The first-order chi connectivity index (χ1) is 17.2. The van der Waals surface area contributed by atoms with E-state index in [9.17, 15) is 28.3 Å². The van der Waals surface area contributed by atoms with E-state index >= 15 is 0 Å². The maximum atomic E-state index is 14.6. The van der Waals surface area contributed by atoms with Gasteiger partial charge in [0, 0.05) is 17.5 Å². The van der Waals surface area contributed by atoms with Crippen LogP contribution in [0.4, 0.5) is 25.0 Å². The molecule has 0 radical (unpaired) electrons. The number of hydrogen-bond acceptors (Lipinski definition) is 8. The molecular weight excluding hydrogens is 506 g/mol. The molecule has 3 aromatic rings. The van der Waals surface area contributed by atoms with Crippen LogP contribution in [-0.4, -0.2) is 42.1 Å². The maximum absolute atomic E-state index is 14.6. The Hall–Kier alpha value is -4.59. The van der Waals surface area contributed by atoms with Crippen LogP contribution in [0, 0.1) is 11.6 Å². The zero-order valence-electron chi connectivity index (χ0n) is 18.2. The molecule has 2 aromatic carbocycles. The molecular formula is C22H16F2N2O9S. The van der Waals surface area contributed by atoms with Gasteiger partial charge >= 0.3 is 18.0 Å². The van der Waals surface area contributed by atoms with Gasteiger partial charge in [-0.25, -0.2) is 23.2 Å². The van der Waals surface area contributed by atoms with Crippen molar-refractivity contribution in [1.29, 1.82) is 0 Å². The predicted molar refractivity (Wildman–Crippen MR) is 121 cm³/mol. The molecule has 2 heterocycles. The van der Waals surface area contributed by atoms with Crippen LogP contribution in [0.1, 0.15) is 25.6 Å². The number of aromatic carboxylic acids is 2. The van der Waals surface area contributed by atoms with Gasteiger partial charge in [0.15, 0.2) is 28.8 Å². The lowest BCUT2D eigenvalue weighted by molar-refractivity contribution is 0.0657. The molecule has 11 nitrogen and oxygen atoms in total. The summed E-state index contributed by atoms with van der Waals surface area (Å²) in [5.41, 5.74) is -1.24. The van der Waals surface area contributed by atoms with Gasteiger partial charge in [-0.1, -0.05) is 0 Å². The summed E-state index contributed by atoms with van der Waals surface area (Å²) in [7, 11) is 1.25. The van der Waals surface area contributed by atoms with Crippen molar-refractivity contribution in [3.63, 3.8) is 0 Å². The molecule has 0 unspecified atom stereocenters. The summed E-state index contributed by atoms with van der Waals surface area (Å²) in [4.78, 5) is 34.6. The molecule has 0 aliphatic carbocycles. The highest BCUT2D eigenvalue weighted by Crippen LogP contribution is 2.39. The van der Waals surface area contributed by atoms with Gasteiger partial charge in [-0.15, -0.1) is 11.3 Å². The molecule has 1 aromatic heterocycles. The summed E-state index contributed by atoms with van der Waals surface area (Å²) in [5, 5.41) is 23.9. The average Bonchev–Trinajstić information content (AvgIpc) is 3.47. The van der Waals surface area contributed by atoms with Gasteiger partial charge in [-0.2, -0.15) is 0 Å². The lowest BCUT2D eigenvalue weighted by atomic mass is 10.2. The molecule has 4 N–H and O–H groups in total. The third kappa shape index (κ3) is 4.79. The van der Waals surface area contributed by atoms with Crippen molar-refractivity contribution in [2.75, 3.05) is 24.5 Å². The number of carbonyl (C=O) groups excluding carboxylic acids is 1. The number of nitrogens with one attached hydrogen (secondary N) is 2. The number of rotatable bonds is 8. The third-order valence-corrected chi connectivity index (χ3v) is 5.87. The number of halogens is 2. The molecule has 188 valence electrons. The third-order valence-electron chi connectivity index (χ3n) is 4.91. The molecule has 0 saturated carbocycles. The van der Waals surface area contributed by atoms with Crippen molar-refractivity contribution in [2.45, 2.75) is 6.61 Å². The molecule has 1 aliphatic heterocycles. The number of anilines is 2. The zero-order valence-corrected chi connectivity index (χ0v) is 19.0. The average molecular weight is 522 g/mol. The van der Waals surface area contributed by atoms with E-state index in [1.165, 1.54) is 19.2 Å². The van der Waals surface area contributed by atoms with Crippen molar-refractivity contribution in [2.24, 2.45) is 0 Å². The number of thiophene rings is 1. The van der Waals surface area contributed by atoms with E-state index in [4.69, 9.17) is 24.1 Å². The summed E-state index contributed by atoms with van der Waals surface area (Å²) in [6.07, 6.45) is 0. The molecule has 0 fully saturated rings. The van der Waals surface area contributed by atoms with Crippen molar-refractivity contribution in [1.82, 2.24) is 0 Å². The van der Waals surface area contributed by atoms with Crippen molar-refractivity contribution in [3.8, 4) is 23.0 Å². The number of ether oxygens (including phenoxy) is 4. The SMILES string of the molecule is COc1cc(F)c(NC(=O)Nc2csc(C(=O)O)c2C(=O)O)cc1OCc1c(F)ccc2c1OCO2. The van der Waals surface area contributed by atoms with Crippen LogP contribution >= 0.6 is 11.3 Å². The lowest BCUT2D eigenvalue weighted by Crippen LogP contribution is -2.21. The molecule has 4 rings (SSSR count). The van der Waals surface area contributed by atoms with Gasteiger partial charge in [0.05, 0.1) is 24.0 Å². The largest absolute Gasteiger partial charge is 0.493 e. The fourth-order valence-electron chi connectivity index (χ4n) is 3.29. The number of benzene rings is 2. The van der Waals surface area contributed by atoms with Crippen LogP contribution < -0.4 is 29.6 Å². The Labute approximate surface area is 204 Å². The molecule has 0 atom stereocenters. The van der Waals surface area contributed by atoms with Gasteiger partial charge < -0.3 is 39.8 Å². The first-order valence-electron chi connectivity index (χ1n) is 9.93. The smallest absolute Gasteiger partial charge is 0.346 e. The van der Waals surface area contributed by atoms with Crippen LogP contribution in [0.15, 0.2) is 29.6 Å². The summed E-state index contributed by atoms with van der Waals surface area (Å²) in [5.74, 6) is -4.20. The Bertz CT molecular complexity index is 1380. The molecule has 14 heteroatoms. The minimum Gasteiger partial charge on any atom is -0.493 e. The van der Waals surface area contributed by atoms with E-state index in [1.54, 1.807) is 0 Å². The fourth-order valence-corrected chi connectivity index (χ4v) is 4.12. The number of hydrogen-bond donors (Lipinski definition) is 4. The Morgan fingerprint density at radius 2 is 1.78 bits per heavy atom. The number of carboxylic acid groups (broad SMARTS) is 2.